The molecule has 1 N–H and O–H groups in total. The molecule has 1 fully saturated rings. The number of nitrogens with one attached hydrogen (secondary N) is 1. The van der Waals surface area contributed by atoms with E-state index >= 15 is 0 Å². The number of carbonyl (C=O) groups excluding carboxylic acids is 1. The van der Waals surface area contributed by atoms with Crippen LogP contribution in [0.25, 0.3) is 0 Å². The van der Waals surface area contributed by atoms with Crippen molar-refractivity contribution in [3.8, 4) is 5.75 Å². The van der Waals surface area contributed by atoms with Crippen molar-refractivity contribution in [2.45, 2.75) is 25.5 Å². The van der Waals surface area contributed by atoms with Gasteiger partial charge >= 0.3 is 0 Å². The molecule has 1 unspecified atom stereocenters. The van der Waals surface area contributed by atoms with Gasteiger partial charge in [0.1, 0.15) is 12.4 Å². The van der Waals surface area contributed by atoms with Crippen LogP contribution >= 0.6 is 11.3 Å². The zero-order valence-corrected chi connectivity index (χ0v) is 13.1. The summed E-state index contributed by atoms with van der Waals surface area (Å²) in [4.78, 5) is 13.2. The molecule has 2 heterocycles. The standard InChI is InChI=1S/C17H19NO3S/c19-17(18-11-16-4-2-10-22-16)13-5-7-14(8-6-13)21-12-15-3-1-9-20-15/h2,4-8,10,15H,1,3,9,11-12H2,(H,18,19). The van der Waals surface area contributed by atoms with Crippen LogP contribution in [0.5, 0.6) is 5.75 Å². The maximum atomic E-state index is 12.1. The molecule has 1 aromatic carbocycles. The van der Waals surface area contributed by atoms with Crippen LogP contribution in [0.15, 0.2) is 41.8 Å². The van der Waals surface area contributed by atoms with Crippen LogP contribution in [0, 0.1) is 0 Å². The first-order chi connectivity index (χ1) is 10.8. The lowest BCUT2D eigenvalue weighted by atomic mass is 10.2. The summed E-state index contributed by atoms with van der Waals surface area (Å²) in [7, 11) is 0. The smallest absolute Gasteiger partial charge is 0.251 e. The number of hydrogen-bond donors (Lipinski definition) is 1. The van der Waals surface area contributed by atoms with Crippen molar-refractivity contribution in [1.29, 1.82) is 0 Å². The van der Waals surface area contributed by atoms with Crippen molar-refractivity contribution in [2.75, 3.05) is 13.2 Å². The molecule has 3 rings (SSSR count). The van der Waals surface area contributed by atoms with Crippen molar-refractivity contribution >= 4 is 17.2 Å². The minimum Gasteiger partial charge on any atom is -0.491 e. The largest absolute Gasteiger partial charge is 0.491 e. The van der Waals surface area contributed by atoms with Crippen LogP contribution in [0.3, 0.4) is 0 Å². The molecular formula is C17H19NO3S. The zero-order chi connectivity index (χ0) is 15.2. The minimum atomic E-state index is -0.0703. The van der Waals surface area contributed by atoms with E-state index in [1.165, 1.54) is 0 Å². The third-order valence-electron chi connectivity index (χ3n) is 3.58. The summed E-state index contributed by atoms with van der Waals surface area (Å²) in [6.07, 6.45) is 2.37. The molecule has 1 atom stereocenters. The number of hydrogen-bond acceptors (Lipinski definition) is 4. The third kappa shape index (κ3) is 4.08. The van der Waals surface area contributed by atoms with Gasteiger partial charge in [0.25, 0.3) is 5.91 Å². The van der Waals surface area contributed by atoms with Gasteiger partial charge in [0.2, 0.25) is 0 Å². The number of ether oxygens (including phenoxy) is 2. The summed E-state index contributed by atoms with van der Waals surface area (Å²) in [5.74, 6) is 0.699. The van der Waals surface area contributed by atoms with E-state index in [0.717, 1.165) is 30.1 Å². The van der Waals surface area contributed by atoms with E-state index in [1.54, 1.807) is 23.5 Å². The Balaban J connectivity index is 1.48. The summed E-state index contributed by atoms with van der Waals surface area (Å²) in [5, 5.41) is 4.91. The number of amides is 1. The molecule has 0 saturated carbocycles. The summed E-state index contributed by atoms with van der Waals surface area (Å²) in [6, 6.07) is 11.2. The van der Waals surface area contributed by atoms with Crippen molar-refractivity contribution in [3.63, 3.8) is 0 Å². The van der Waals surface area contributed by atoms with Crippen LogP contribution < -0.4 is 10.1 Å². The second kappa shape index (κ2) is 7.42. The maximum Gasteiger partial charge on any atom is 0.251 e. The Bertz CT molecular complexity index is 589. The lowest BCUT2D eigenvalue weighted by Crippen LogP contribution is -2.22. The molecule has 1 aromatic heterocycles. The Labute approximate surface area is 134 Å². The molecule has 4 nitrogen and oxygen atoms in total. The van der Waals surface area contributed by atoms with E-state index in [1.807, 2.05) is 29.6 Å². The van der Waals surface area contributed by atoms with Gasteiger partial charge in [-0.25, -0.2) is 0 Å². The Morgan fingerprint density at radius 2 is 2.18 bits per heavy atom. The topological polar surface area (TPSA) is 47.6 Å². The molecule has 0 spiro atoms. The van der Waals surface area contributed by atoms with Gasteiger partial charge in [0.15, 0.2) is 0 Å². The second-order valence-corrected chi connectivity index (χ2v) is 6.26. The molecule has 1 aliphatic rings. The molecule has 0 aliphatic carbocycles. The normalized spacial score (nSPS) is 17.4. The van der Waals surface area contributed by atoms with Gasteiger partial charge in [-0.05, 0) is 48.6 Å². The lowest BCUT2D eigenvalue weighted by molar-refractivity contribution is 0.0679. The fraction of sp³-hybridized carbons (Fsp3) is 0.353. The van der Waals surface area contributed by atoms with E-state index in [2.05, 4.69) is 5.32 Å². The Hall–Kier alpha value is -1.85. The van der Waals surface area contributed by atoms with Crippen LogP contribution in [0.1, 0.15) is 28.1 Å². The quantitative estimate of drug-likeness (QED) is 0.890. The van der Waals surface area contributed by atoms with Gasteiger partial charge in [-0.1, -0.05) is 6.07 Å². The Morgan fingerprint density at radius 1 is 1.32 bits per heavy atom. The molecule has 1 amide bonds. The summed E-state index contributed by atoms with van der Waals surface area (Å²) in [6.45, 7) is 1.97. The van der Waals surface area contributed by atoms with Gasteiger partial charge in [0, 0.05) is 17.0 Å². The molecule has 1 aliphatic heterocycles. The molecule has 1 saturated heterocycles. The lowest BCUT2D eigenvalue weighted by Gasteiger charge is -2.11. The van der Waals surface area contributed by atoms with Crippen molar-refractivity contribution in [2.24, 2.45) is 0 Å². The number of rotatable bonds is 6. The Morgan fingerprint density at radius 3 is 2.86 bits per heavy atom. The SMILES string of the molecule is O=C(NCc1cccs1)c1ccc(OCC2CCCO2)cc1. The van der Waals surface area contributed by atoms with Crippen LogP contribution in [0.4, 0.5) is 0 Å². The summed E-state index contributed by atoms with van der Waals surface area (Å²) >= 11 is 1.63. The van der Waals surface area contributed by atoms with Gasteiger partial charge in [-0.3, -0.25) is 4.79 Å². The van der Waals surface area contributed by atoms with Gasteiger partial charge in [-0.2, -0.15) is 0 Å². The van der Waals surface area contributed by atoms with Gasteiger partial charge in [0.05, 0.1) is 12.6 Å². The van der Waals surface area contributed by atoms with Gasteiger partial charge in [-0.15, -0.1) is 11.3 Å². The highest BCUT2D eigenvalue weighted by atomic mass is 32.1. The van der Waals surface area contributed by atoms with E-state index in [0.29, 0.717) is 18.7 Å². The number of carbonyl (C=O) groups is 1. The molecular weight excluding hydrogens is 298 g/mol. The molecule has 0 bridgehead atoms. The average Bonchev–Trinajstić information content (AvgIpc) is 3.24. The highest BCUT2D eigenvalue weighted by Crippen LogP contribution is 2.17. The summed E-state index contributed by atoms with van der Waals surface area (Å²) in [5.41, 5.74) is 0.640. The van der Waals surface area contributed by atoms with Gasteiger partial charge < -0.3 is 14.8 Å². The van der Waals surface area contributed by atoms with E-state index in [9.17, 15) is 4.79 Å². The highest BCUT2D eigenvalue weighted by Gasteiger charge is 2.16. The fourth-order valence-electron chi connectivity index (χ4n) is 2.35. The average molecular weight is 317 g/mol. The molecule has 0 radical (unpaired) electrons. The van der Waals surface area contributed by atoms with Crippen molar-refractivity contribution in [3.05, 3.63) is 52.2 Å². The minimum absolute atomic E-state index is 0.0703. The first-order valence-electron chi connectivity index (χ1n) is 7.46. The maximum absolute atomic E-state index is 12.1. The summed E-state index contributed by atoms with van der Waals surface area (Å²) < 4.78 is 11.2. The third-order valence-corrected chi connectivity index (χ3v) is 4.46. The first kappa shape index (κ1) is 15.1. The molecule has 2 aromatic rings. The molecule has 22 heavy (non-hydrogen) atoms. The van der Waals surface area contributed by atoms with Crippen LogP contribution in [-0.4, -0.2) is 25.2 Å². The fourth-order valence-corrected chi connectivity index (χ4v) is 2.99. The number of benzene rings is 1. The highest BCUT2D eigenvalue weighted by molar-refractivity contribution is 7.09. The molecule has 5 heteroatoms. The van der Waals surface area contributed by atoms with Crippen molar-refractivity contribution in [1.82, 2.24) is 5.32 Å². The van der Waals surface area contributed by atoms with Crippen molar-refractivity contribution < 1.29 is 14.3 Å². The van der Waals surface area contributed by atoms with E-state index in [-0.39, 0.29) is 12.0 Å². The molecule has 116 valence electrons. The Kier molecular flexibility index (Phi) is 5.08. The van der Waals surface area contributed by atoms with E-state index < -0.39 is 0 Å². The predicted octanol–water partition coefficient (Wildman–Crippen LogP) is 3.24. The van der Waals surface area contributed by atoms with Crippen LogP contribution in [0.2, 0.25) is 0 Å². The zero-order valence-electron chi connectivity index (χ0n) is 12.3. The number of thiophene rings is 1. The monoisotopic (exact) mass is 317 g/mol. The second-order valence-electron chi connectivity index (χ2n) is 5.23. The van der Waals surface area contributed by atoms with Crippen LogP contribution in [-0.2, 0) is 11.3 Å². The van der Waals surface area contributed by atoms with E-state index in [4.69, 9.17) is 9.47 Å². The first-order valence-corrected chi connectivity index (χ1v) is 8.34. The predicted molar refractivity (Wildman–Crippen MR) is 86.4 cm³/mol.